The average Bonchev–Trinajstić information content (AvgIpc) is 2.38. The van der Waals surface area contributed by atoms with Crippen LogP contribution in [0.3, 0.4) is 0 Å². The maximum atomic E-state index is 12.6. The third-order valence-electron chi connectivity index (χ3n) is 2.63. The van der Waals surface area contributed by atoms with Crippen molar-refractivity contribution in [1.29, 1.82) is 0 Å². The molecule has 2 N–H and O–H groups in total. The Kier molecular flexibility index (Phi) is 4.20. The Morgan fingerprint density at radius 1 is 1.10 bits per heavy atom. The van der Waals surface area contributed by atoms with Crippen LogP contribution in [0.2, 0.25) is 5.02 Å². The van der Waals surface area contributed by atoms with E-state index in [0.29, 0.717) is 10.8 Å². The predicted octanol–water partition coefficient (Wildman–Crippen LogP) is 4.61. The van der Waals surface area contributed by atoms with E-state index in [1.807, 2.05) is 0 Å². The molecule has 2 aromatic rings. The highest BCUT2D eigenvalue weighted by Gasteiger charge is 2.31. The molecule has 2 aromatic carbocycles. The lowest BCUT2D eigenvalue weighted by molar-refractivity contribution is -0.137. The summed E-state index contributed by atoms with van der Waals surface area (Å²) in [6.07, 6.45) is -4.40. The number of hydrogen-bond donors (Lipinski definition) is 1. The highest BCUT2D eigenvalue weighted by Crippen LogP contribution is 2.34. The molecule has 0 saturated carbocycles. The van der Waals surface area contributed by atoms with Gasteiger partial charge in [0.25, 0.3) is 0 Å². The van der Waals surface area contributed by atoms with E-state index < -0.39 is 11.7 Å². The largest absolute Gasteiger partial charge is 0.457 e. The van der Waals surface area contributed by atoms with Gasteiger partial charge in [-0.25, -0.2) is 0 Å². The molecule has 0 radical (unpaired) electrons. The van der Waals surface area contributed by atoms with E-state index in [0.717, 1.165) is 12.1 Å². The SMILES string of the molecule is NCc1cc(C(F)(F)F)ccc1Oc1cccc(Cl)c1. The van der Waals surface area contributed by atoms with Crippen molar-refractivity contribution in [3.05, 3.63) is 58.6 Å². The van der Waals surface area contributed by atoms with E-state index in [9.17, 15) is 13.2 Å². The summed E-state index contributed by atoms with van der Waals surface area (Å²) in [7, 11) is 0. The van der Waals surface area contributed by atoms with Crippen LogP contribution in [0, 0.1) is 0 Å². The van der Waals surface area contributed by atoms with E-state index in [2.05, 4.69) is 0 Å². The first-order valence-electron chi connectivity index (χ1n) is 5.74. The van der Waals surface area contributed by atoms with Crippen LogP contribution < -0.4 is 10.5 Å². The molecule has 0 saturated heterocycles. The monoisotopic (exact) mass is 301 g/mol. The minimum atomic E-state index is -4.40. The molecular formula is C14H11ClF3NO. The van der Waals surface area contributed by atoms with Gasteiger partial charge in [-0.3, -0.25) is 0 Å². The summed E-state index contributed by atoms with van der Waals surface area (Å²) < 4.78 is 43.4. The minimum Gasteiger partial charge on any atom is -0.457 e. The Labute approximate surface area is 118 Å². The summed E-state index contributed by atoms with van der Waals surface area (Å²) >= 11 is 5.82. The Hall–Kier alpha value is -1.72. The molecule has 0 unspecified atom stereocenters. The van der Waals surface area contributed by atoms with E-state index in [1.54, 1.807) is 24.3 Å². The maximum Gasteiger partial charge on any atom is 0.416 e. The third-order valence-corrected chi connectivity index (χ3v) is 2.87. The van der Waals surface area contributed by atoms with Gasteiger partial charge in [0, 0.05) is 17.1 Å². The summed E-state index contributed by atoms with van der Waals surface area (Å²) in [6, 6.07) is 9.78. The molecule has 0 spiro atoms. The number of halogens is 4. The molecule has 2 rings (SSSR count). The Bertz CT molecular complexity index is 614. The molecule has 0 aliphatic rings. The van der Waals surface area contributed by atoms with Crippen LogP contribution in [0.5, 0.6) is 11.5 Å². The quantitative estimate of drug-likeness (QED) is 0.898. The second kappa shape index (κ2) is 5.73. The number of alkyl halides is 3. The molecule has 0 heterocycles. The molecular weight excluding hydrogens is 291 g/mol. The van der Waals surface area contributed by atoms with Crippen molar-refractivity contribution >= 4 is 11.6 Å². The van der Waals surface area contributed by atoms with Crippen molar-refractivity contribution in [2.45, 2.75) is 12.7 Å². The second-order valence-corrected chi connectivity index (χ2v) is 4.52. The van der Waals surface area contributed by atoms with Crippen LogP contribution >= 0.6 is 11.6 Å². The van der Waals surface area contributed by atoms with Crippen molar-refractivity contribution in [2.24, 2.45) is 5.73 Å². The standard InChI is InChI=1S/C14H11ClF3NO/c15-11-2-1-3-12(7-11)20-13-5-4-10(14(16,17)18)6-9(13)8-19/h1-7H,8,19H2. The molecule has 106 valence electrons. The first-order chi connectivity index (χ1) is 9.40. The van der Waals surface area contributed by atoms with Crippen LogP contribution in [0.25, 0.3) is 0 Å². The number of nitrogens with two attached hydrogens (primary N) is 1. The normalized spacial score (nSPS) is 11.4. The Balaban J connectivity index is 2.33. The van der Waals surface area contributed by atoms with E-state index >= 15 is 0 Å². The second-order valence-electron chi connectivity index (χ2n) is 4.08. The van der Waals surface area contributed by atoms with Crippen molar-refractivity contribution in [1.82, 2.24) is 0 Å². The Morgan fingerprint density at radius 2 is 1.85 bits per heavy atom. The van der Waals surface area contributed by atoms with Gasteiger partial charge < -0.3 is 10.5 Å². The zero-order valence-electron chi connectivity index (χ0n) is 10.2. The molecule has 0 bridgehead atoms. The maximum absolute atomic E-state index is 12.6. The van der Waals surface area contributed by atoms with Gasteiger partial charge in [0.1, 0.15) is 11.5 Å². The van der Waals surface area contributed by atoms with Gasteiger partial charge in [0.2, 0.25) is 0 Å². The van der Waals surface area contributed by atoms with Gasteiger partial charge in [0.15, 0.2) is 0 Å². The molecule has 20 heavy (non-hydrogen) atoms. The summed E-state index contributed by atoms with van der Waals surface area (Å²) in [5.41, 5.74) is 5.00. The molecule has 0 fully saturated rings. The molecule has 0 aliphatic heterocycles. The molecule has 0 atom stereocenters. The van der Waals surface area contributed by atoms with Crippen LogP contribution in [-0.2, 0) is 12.7 Å². The fraction of sp³-hybridized carbons (Fsp3) is 0.143. The van der Waals surface area contributed by atoms with Gasteiger partial charge in [-0.1, -0.05) is 17.7 Å². The topological polar surface area (TPSA) is 35.2 Å². The smallest absolute Gasteiger partial charge is 0.416 e. The molecule has 2 nitrogen and oxygen atoms in total. The number of hydrogen-bond acceptors (Lipinski definition) is 2. The van der Waals surface area contributed by atoms with E-state index in [-0.39, 0.29) is 17.9 Å². The molecule has 0 aliphatic carbocycles. The number of rotatable bonds is 3. The van der Waals surface area contributed by atoms with E-state index in [1.165, 1.54) is 6.07 Å². The van der Waals surface area contributed by atoms with E-state index in [4.69, 9.17) is 22.1 Å². The van der Waals surface area contributed by atoms with Crippen molar-refractivity contribution in [3.63, 3.8) is 0 Å². The number of ether oxygens (including phenoxy) is 1. The first kappa shape index (κ1) is 14.7. The van der Waals surface area contributed by atoms with Crippen LogP contribution in [0.4, 0.5) is 13.2 Å². The summed E-state index contributed by atoms with van der Waals surface area (Å²) in [4.78, 5) is 0. The van der Waals surface area contributed by atoms with Gasteiger partial charge in [-0.15, -0.1) is 0 Å². The van der Waals surface area contributed by atoms with Gasteiger partial charge in [-0.05, 0) is 36.4 Å². The van der Waals surface area contributed by atoms with Crippen LogP contribution in [0.1, 0.15) is 11.1 Å². The van der Waals surface area contributed by atoms with Gasteiger partial charge in [0.05, 0.1) is 5.56 Å². The molecule has 0 aromatic heterocycles. The lowest BCUT2D eigenvalue weighted by atomic mass is 10.1. The molecule has 6 heteroatoms. The Morgan fingerprint density at radius 3 is 2.45 bits per heavy atom. The summed E-state index contributed by atoms with van der Waals surface area (Å²) in [5.74, 6) is 0.717. The zero-order valence-corrected chi connectivity index (χ0v) is 11.0. The van der Waals surface area contributed by atoms with Crippen molar-refractivity contribution in [2.75, 3.05) is 0 Å². The third kappa shape index (κ3) is 3.43. The van der Waals surface area contributed by atoms with Crippen molar-refractivity contribution < 1.29 is 17.9 Å². The lowest BCUT2D eigenvalue weighted by Gasteiger charge is -2.13. The highest BCUT2D eigenvalue weighted by atomic mass is 35.5. The summed E-state index contributed by atoms with van der Waals surface area (Å²) in [5, 5.41) is 0.476. The van der Waals surface area contributed by atoms with Crippen LogP contribution in [0.15, 0.2) is 42.5 Å². The number of benzene rings is 2. The predicted molar refractivity (Wildman–Crippen MR) is 70.9 cm³/mol. The minimum absolute atomic E-state index is 0.0557. The fourth-order valence-electron chi connectivity index (χ4n) is 1.67. The first-order valence-corrected chi connectivity index (χ1v) is 6.11. The van der Waals surface area contributed by atoms with Gasteiger partial charge >= 0.3 is 6.18 Å². The lowest BCUT2D eigenvalue weighted by Crippen LogP contribution is -2.08. The fourth-order valence-corrected chi connectivity index (χ4v) is 1.85. The zero-order chi connectivity index (χ0) is 14.8. The van der Waals surface area contributed by atoms with Crippen molar-refractivity contribution in [3.8, 4) is 11.5 Å². The van der Waals surface area contributed by atoms with Gasteiger partial charge in [-0.2, -0.15) is 13.2 Å². The van der Waals surface area contributed by atoms with Crippen LogP contribution in [-0.4, -0.2) is 0 Å². The highest BCUT2D eigenvalue weighted by molar-refractivity contribution is 6.30. The summed E-state index contributed by atoms with van der Waals surface area (Å²) in [6.45, 7) is -0.0557. The average molecular weight is 302 g/mol. The molecule has 0 amide bonds.